The average molecular weight is 254 g/mol. The Morgan fingerprint density at radius 2 is 2.22 bits per heavy atom. The van der Waals surface area contributed by atoms with Gasteiger partial charge in [-0.25, -0.2) is 0 Å². The minimum Gasteiger partial charge on any atom is -0.381 e. The van der Waals surface area contributed by atoms with Crippen LogP contribution in [0.1, 0.15) is 31.6 Å². The fourth-order valence-electron chi connectivity index (χ4n) is 2.08. The summed E-state index contributed by atoms with van der Waals surface area (Å²) in [7, 11) is 0. The first-order chi connectivity index (χ1) is 8.81. The fourth-order valence-corrected chi connectivity index (χ4v) is 2.08. The largest absolute Gasteiger partial charge is 0.381 e. The molecule has 1 fully saturated rings. The number of ether oxygens (including phenoxy) is 1. The van der Waals surface area contributed by atoms with Gasteiger partial charge < -0.3 is 14.6 Å². The molecule has 0 amide bonds. The molecule has 0 radical (unpaired) electrons. The van der Waals surface area contributed by atoms with E-state index in [2.05, 4.69) is 27.3 Å². The Labute approximate surface area is 108 Å². The third-order valence-electron chi connectivity index (χ3n) is 3.22. The maximum atomic E-state index is 5.28. The average Bonchev–Trinajstić information content (AvgIpc) is 2.88. The highest BCUT2D eigenvalue weighted by Gasteiger charge is 2.22. The Kier molecular flexibility index (Phi) is 5.10. The molecule has 1 aromatic rings. The second kappa shape index (κ2) is 6.82. The van der Waals surface area contributed by atoms with Gasteiger partial charge in [-0.2, -0.15) is 4.98 Å². The van der Waals surface area contributed by atoms with Crippen LogP contribution in [0.5, 0.6) is 0 Å². The van der Waals surface area contributed by atoms with Gasteiger partial charge in [0, 0.05) is 32.8 Å². The van der Waals surface area contributed by atoms with Gasteiger partial charge in [-0.05, 0) is 13.8 Å². The van der Waals surface area contributed by atoms with E-state index in [1.54, 1.807) is 0 Å². The molecular formula is C12H22N4O2. The van der Waals surface area contributed by atoms with Gasteiger partial charge in [0.05, 0.1) is 19.1 Å². The third-order valence-corrected chi connectivity index (χ3v) is 3.22. The highest BCUT2D eigenvalue weighted by molar-refractivity contribution is 4.94. The molecule has 0 spiro atoms. The van der Waals surface area contributed by atoms with Gasteiger partial charge in [-0.3, -0.25) is 4.90 Å². The summed E-state index contributed by atoms with van der Waals surface area (Å²) in [6.45, 7) is 9.58. The molecule has 0 aliphatic carbocycles. The lowest BCUT2D eigenvalue weighted by molar-refractivity contribution is 0.144. The summed E-state index contributed by atoms with van der Waals surface area (Å²) >= 11 is 0. The van der Waals surface area contributed by atoms with Crippen LogP contribution in [0.25, 0.3) is 0 Å². The van der Waals surface area contributed by atoms with E-state index >= 15 is 0 Å². The highest BCUT2D eigenvalue weighted by atomic mass is 16.5. The summed E-state index contributed by atoms with van der Waals surface area (Å²) in [6.07, 6.45) is 0.690. The number of piperazine rings is 1. The number of hydrogen-bond donors (Lipinski definition) is 1. The van der Waals surface area contributed by atoms with Gasteiger partial charge in [0.1, 0.15) is 0 Å². The molecule has 1 N–H and O–H groups in total. The molecular weight excluding hydrogens is 232 g/mol. The highest BCUT2D eigenvalue weighted by Crippen LogP contribution is 2.17. The van der Waals surface area contributed by atoms with E-state index in [4.69, 9.17) is 9.26 Å². The summed E-state index contributed by atoms with van der Waals surface area (Å²) < 4.78 is 10.5. The first-order valence-electron chi connectivity index (χ1n) is 6.66. The van der Waals surface area contributed by atoms with Crippen molar-refractivity contribution in [3.63, 3.8) is 0 Å². The van der Waals surface area contributed by atoms with Crippen LogP contribution in [0.15, 0.2) is 4.52 Å². The lowest BCUT2D eigenvalue weighted by atomic mass is 10.2. The monoisotopic (exact) mass is 254 g/mol. The van der Waals surface area contributed by atoms with Gasteiger partial charge in [-0.1, -0.05) is 5.16 Å². The van der Waals surface area contributed by atoms with Crippen molar-refractivity contribution in [2.45, 2.75) is 26.3 Å². The fraction of sp³-hybridized carbons (Fsp3) is 0.833. The van der Waals surface area contributed by atoms with E-state index in [0.717, 1.165) is 38.6 Å². The molecule has 2 heterocycles. The van der Waals surface area contributed by atoms with Crippen LogP contribution in [0.2, 0.25) is 0 Å². The molecule has 1 aliphatic rings. The van der Waals surface area contributed by atoms with E-state index in [9.17, 15) is 0 Å². The number of rotatable bonds is 6. The number of aromatic nitrogens is 2. The summed E-state index contributed by atoms with van der Waals surface area (Å²) in [5.41, 5.74) is 0. The molecule has 6 nitrogen and oxygen atoms in total. The smallest absolute Gasteiger partial charge is 0.229 e. The molecule has 1 unspecified atom stereocenters. The van der Waals surface area contributed by atoms with Crippen molar-refractivity contribution < 1.29 is 9.26 Å². The number of nitrogens with one attached hydrogen (secondary N) is 1. The van der Waals surface area contributed by atoms with Crippen molar-refractivity contribution in [3.05, 3.63) is 11.7 Å². The molecule has 1 atom stereocenters. The molecule has 1 saturated heterocycles. The molecule has 1 aromatic heterocycles. The first-order valence-corrected chi connectivity index (χ1v) is 6.66. The standard InChI is InChI=1S/C12H22N4O2/c1-3-17-9-4-11-14-12(15-18-11)10(2)16-7-5-13-6-8-16/h10,13H,3-9H2,1-2H3. The normalized spacial score (nSPS) is 19.0. The van der Waals surface area contributed by atoms with Crippen molar-refractivity contribution in [1.29, 1.82) is 0 Å². The lowest BCUT2D eigenvalue weighted by Gasteiger charge is -2.30. The van der Waals surface area contributed by atoms with E-state index < -0.39 is 0 Å². The maximum Gasteiger partial charge on any atom is 0.229 e. The maximum absolute atomic E-state index is 5.28. The van der Waals surface area contributed by atoms with Crippen molar-refractivity contribution in [1.82, 2.24) is 20.4 Å². The summed E-state index contributed by atoms with van der Waals surface area (Å²) in [5, 5.41) is 7.40. The third kappa shape index (κ3) is 3.51. The van der Waals surface area contributed by atoms with Crippen LogP contribution in [0.3, 0.4) is 0 Å². The quantitative estimate of drug-likeness (QED) is 0.751. The van der Waals surface area contributed by atoms with Crippen molar-refractivity contribution in [2.24, 2.45) is 0 Å². The zero-order valence-corrected chi connectivity index (χ0v) is 11.2. The summed E-state index contributed by atoms with van der Waals surface area (Å²) in [6, 6.07) is 0.219. The van der Waals surface area contributed by atoms with Gasteiger partial charge in [0.2, 0.25) is 5.89 Å². The van der Waals surface area contributed by atoms with Crippen LogP contribution >= 0.6 is 0 Å². The van der Waals surface area contributed by atoms with Gasteiger partial charge in [0.25, 0.3) is 0 Å². The van der Waals surface area contributed by atoms with Gasteiger partial charge in [0.15, 0.2) is 5.82 Å². The Hall–Kier alpha value is -0.980. The second-order valence-corrected chi connectivity index (χ2v) is 4.46. The Bertz CT molecular complexity index is 350. The van der Waals surface area contributed by atoms with Crippen molar-refractivity contribution >= 4 is 0 Å². The first kappa shape index (κ1) is 13.5. The van der Waals surface area contributed by atoms with E-state index in [-0.39, 0.29) is 6.04 Å². The zero-order chi connectivity index (χ0) is 12.8. The SMILES string of the molecule is CCOCCc1nc(C(C)N2CCNCC2)no1. The van der Waals surface area contributed by atoms with Crippen molar-refractivity contribution in [3.8, 4) is 0 Å². The molecule has 102 valence electrons. The topological polar surface area (TPSA) is 63.4 Å². The molecule has 0 aromatic carbocycles. The molecule has 18 heavy (non-hydrogen) atoms. The van der Waals surface area contributed by atoms with E-state index in [0.29, 0.717) is 18.9 Å². The summed E-state index contributed by atoms with van der Waals surface area (Å²) in [4.78, 5) is 6.81. The molecule has 1 aliphatic heterocycles. The molecule has 0 saturated carbocycles. The summed E-state index contributed by atoms with van der Waals surface area (Å²) in [5.74, 6) is 1.45. The zero-order valence-electron chi connectivity index (χ0n) is 11.2. The van der Waals surface area contributed by atoms with Gasteiger partial charge >= 0.3 is 0 Å². The van der Waals surface area contributed by atoms with Crippen LogP contribution in [0, 0.1) is 0 Å². The van der Waals surface area contributed by atoms with Gasteiger partial charge in [-0.15, -0.1) is 0 Å². The van der Waals surface area contributed by atoms with Crippen LogP contribution in [0.4, 0.5) is 0 Å². The minimum absolute atomic E-state index is 0.219. The Morgan fingerprint density at radius 1 is 1.44 bits per heavy atom. The number of hydrogen-bond acceptors (Lipinski definition) is 6. The molecule has 0 bridgehead atoms. The van der Waals surface area contributed by atoms with Crippen LogP contribution in [-0.2, 0) is 11.2 Å². The predicted molar refractivity (Wildman–Crippen MR) is 67.4 cm³/mol. The molecule has 2 rings (SSSR count). The van der Waals surface area contributed by atoms with E-state index in [1.807, 2.05) is 6.92 Å². The Morgan fingerprint density at radius 3 is 2.94 bits per heavy atom. The number of nitrogens with zero attached hydrogens (tertiary/aromatic N) is 3. The lowest BCUT2D eigenvalue weighted by Crippen LogP contribution is -2.44. The van der Waals surface area contributed by atoms with E-state index in [1.165, 1.54) is 0 Å². The van der Waals surface area contributed by atoms with Crippen LogP contribution in [-0.4, -0.2) is 54.4 Å². The predicted octanol–water partition coefficient (Wildman–Crippen LogP) is 0.615. The van der Waals surface area contributed by atoms with Crippen molar-refractivity contribution in [2.75, 3.05) is 39.4 Å². The van der Waals surface area contributed by atoms with Crippen LogP contribution < -0.4 is 5.32 Å². The Balaban J connectivity index is 1.87. The molecule has 6 heteroatoms. The second-order valence-electron chi connectivity index (χ2n) is 4.46. The minimum atomic E-state index is 0.219.